The first-order valence-electron chi connectivity index (χ1n) is 6.77. The van der Waals surface area contributed by atoms with Crippen LogP contribution >= 0.6 is 23.2 Å². The van der Waals surface area contributed by atoms with E-state index < -0.39 is 0 Å². The molecule has 0 unspecified atom stereocenters. The van der Waals surface area contributed by atoms with Crippen molar-refractivity contribution in [3.05, 3.63) is 57.8 Å². The van der Waals surface area contributed by atoms with E-state index >= 15 is 0 Å². The monoisotopic (exact) mass is 306 g/mol. The summed E-state index contributed by atoms with van der Waals surface area (Å²) in [5.41, 5.74) is 3.40. The van der Waals surface area contributed by atoms with Crippen LogP contribution in [-0.4, -0.2) is 11.0 Å². The van der Waals surface area contributed by atoms with Crippen LogP contribution in [0.1, 0.15) is 30.0 Å². The van der Waals surface area contributed by atoms with E-state index in [-0.39, 0.29) is 0 Å². The molecule has 20 heavy (non-hydrogen) atoms. The third-order valence-electron chi connectivity index (χ3n) is 3.89. The second-order valence-corrected chi connectivity index (χ2v) is 6.15. The number of hydrogen-bond acceptors (Lipinski definition) is 2. The molecule has 0 spiro atoms. The molecule has 1 heterocycles. The minimum atomic E-state index is 0.511. The van der Waals surface area contributed by atoms with Gasteiger partial charge < -0.3 is 5.32 Å². The molecule has 2 aromatic rings. The molecule has 1 N–H and O–H groups in total. The van der Waals surface area contributed by atoms with Crippen molar-refractivity contribution in [3.8, 4) is 0 Å². The maximum atomic E-state index is 5.91. The van der Waals surface area contributed by atoms with Gasteiger partial charge in [-0.25, -0.2) is 4.98 Å². The van der Waals surface area contributed by atoms with Gasteiger partial charge in [0.1, 0.15) is 5.15 Å². The zero-order valence-electron chi connectivity index (χ0n) is 11.2. The average molecular weight is 307 g/mol. The van der Waals surface area contributed by atoms with Crippen LogP contribution in [0.3, 0.4) is 0 Å². The SMILES string of the molecule is Cc1nc(Cl)ccc1NC1CC(c2ccc(Cl)cc2)C1. The topological polar surface area (TPSA) is 24.9 Å². The number of pyridine rings is 1. The predicted octanol–water partition coefficient (Wildman–Crippen LogP) is 5.05. The van der Waals surface area contributed by atoms with E-state index in [0.29, 0.717) is 17.1 Å². The molecule has 1 aromatic heterocycles. The highest BCUT2D eigenvalue weighted by molar-refractivity contribution is 6.30. The number of hydrogen-bond donors (Lipinski definition) is 1. The van der Waals surface area contributed by atoms with Crippen molar-refractivity contribution in [1.29, 1.82) is 0 Å². The van der Waals surface area contributed by atoms with E-state index in [1.54, 1.807) is 0 Å². The minimum Gasteiger partial charge on any atom is -0.381 e. The summed E-state index contributed by atoms with van der Waals surface area (Å²) in [7, 11) is 0. The smallest absolute Gasteiger partial charge is 0.129 e. The van der Waals surface area contributed by atoms with Gasteiger partial charge in [0.2, 0.25) is 0 Å². The summed E-state index contributed by atoms with van der Waals surface area (Å²) in [4.78, 5) is 4.26. The molecule has 0 radical (unpaired) electrons. The molecule has 0 amide bonds. The molecule has 2 nitrogen and oxygen atoms in total. The highest BCUT2D eigenvalue weighted by atomic mass is 35.5. The van der Waals surface area contributed by atoms with Gasteiger partial charge in [0.25, 0.3) is 0 Å². The van der Waals surface area contributed by atoms with Gasteiger partial charge in [-0.05, 0) is 55.5 Å². The van der Waals surface area contributed by atoms with Crippen LogP contribution in [-0.2, 0) is 0 Å². The zero-order valence-corrected chi connectivity index (χ0v) is 12.7. The summed E-state index contributed by atoms with van der Waals surface area (Å²) < 4.78 is 0. The standard InChI is InChI=1S/C16H16Cl2N2/c1-10-15(6-7-16(18)19-10)20-14-8-12(9-14)11-2-4-13(17)5-3-11/h2-7,12,14,20H,8-9H2,1H3. The average Bonchev–Trinajstić information content (AvgIpc) is 2.37. The van der Waals surface area contributed by atoms with Crippen LogP contribution in [0.15, 0.2) is 36.4 Å². The van der Waals surface area contributed by atoms with Crippen LogP contribution in [0.2, 0.25) is 10.2 Å². The van der Waals surface area contributed by atoms with Gasteiger partial charge >= 0.3 is 0 Å². The lowest BCUT2D eigenvalue weighted by atomic mass is 9.76. The lowest BCUT2D eigenvalue weighted by molar-refractivity contribution is 0.374. The summed E-state index contributed by atoms with van der Waals surface area (Å²) in [6, 6.07) is 12.5. The van der Waals surface area contributed by atoms with Crippen molar-refractivity contribution in [3.63, 3.8) is 0 Å². The Bertz CT molecular complexity index is 604. The van der Waals surface area contributed by atoms with Crippen LogP contribution in [0, 0.1) is 6.92 Å². The lowest BCUT2D eigenvalue weighted by Gasteiger charge is -2.37. The van der Waals surface area contributed by atoms with Crippen LogP contribution in [0.5, 0.6) is 0 Å². The third kappa shape index (κ3) is 2.92. The fourth-order valence-electron chi connectivity index (χ4n) is 2.65. The molecule has 1 aliphatic carbocycles. The summed E-state index contributed by atoms with van der Waals surface area (Å²) in [6.07, 6.45) is 2.29. The van der Waals surface area contributed by atoms with Crippen molar-refractivity contribution in [1.82, 2.24) is 4.98 Å². The van der Waals surface area contributed by atoms with Gasteiger partial charge in [-0.1, -0.05) is 35.3 Å². The van der Waals surface area contributed by atoms with Gasteiger partial charge in [0.05, 0.1) is 11.4 Å². The molecule has 3 rings (SSSR count). The Morgan fingerprint density at radius 1 is 1.05 bits per heavy atom. The Labute approximate surface area is 129 Å². The van der Waals surface area contributed by atoms with E-state index in [1.807, 2.05) is 31.2 Å². The summed E-state index contributed by atoms with van der Waals surface area (Å²) in [6.45, 7) is 1.98. The van der Waals surface area contributed by atoms with Gasteiger partial charge in [-0.2, -0.15) is 0 Å². The summed E-state index contributed by atoms with van der Waals surface area (Å²) >= 11 is 11.8. The van der Waals surface area contributed by atoms with Gasteiger partial charge in [0, 0.05) is 11.1 Å². The number of nitrogens with one attached hydrogen (secondary N) is 1. The first-order valence-corrected chi connectivity index (χ1v) is 7.52. The number of halogens is 2. The van der Waals surface area contributed by atoms with Gasteiger partial charge in [0.15, 0.2) is 0 Å². The summed E-state index contributed by atoms with van der Waals surface area (Å²) in [5, 5.41) is 4.88. The van der Waals surface area contributed by atoms with E-state index in [0.717, 1.165) is 29.2 Å². The maximum absolute atomic E-state index is 5.91. The maximum Gasteiger partial charge on any atom is 0.129 e. The van der Waals surface area contributed by atoms with E-state index in [2.05, 4.69) is 22.4 Å². The van der Waals surface area contributed by atoms with Crippen molar-refractivity contribution >= 4 is 28.9 Å². The second kappa shape index (κ2) is 5.63. The van der Waals surface area contributed by atoms with Gasteiger partial charge in [-0.3, -0.25) is 0 Å². The number of rotatable bonds is 3. The molecule has 4 heteroatoms. The Morgan fingerprint density at radius 2 is 1.75 bits per heavy atom. The Morgan fingerprint density at radius 3 is 2.40 bits per heavy atom. The Kier molecular flexibility index (Phi) is 3.86. The lowest BCUT2D eigenvalue weighted by Crippen LogP contribution is -2.34. The molecule has 1 fully saturated rings. The van der Waals surface area contributed by atoms with Crippen LogP contribution in [0.4, 0.5) is 5.69 Å². The molecule has 1 aromatic carbocycles. The number of nitrogens with zero attached hydrogens (tertiary/aromatic N) is 1. The van der Waals surface area contributed by atoms with Crippen molar-refractivity contribution in [2.45, 2.75) is 31.7 Å². The quantitative estimate of drug-likeness (QED) is 0.802. The molecule has 0 aliphatic heterocycles. The minimum absolute atomic E-state index is 0.511. The van der Waals surface area contributed by atoms with Crippen molar-refractivity contribution < 1.29 is 0 Å². The molecule has 0 atom stereocenters. The number of aromatic nitrogens is 1. The molecule has 1 saturated carbocycles. The van der Waals surface area contributed by atoms with Gasteiger partial charge in [-0.15, -0.1) is 0 Å². The first kappa shape index (κ1) is 13.7. The van der Waals surface area contributed by atoms with Crippen molar-refractivity contribution in [2.24, 2.45) is 0 Å². The van der Waals surface area contributed by atoms with E-state index in [9.17, 15) is 0 Å². The normalized spacial score (nSPS) is 21.4. The first-order chi connectivity index (χ1) is 9.61. The van der Waals surface area contributed by atoms with Crippen LogP contribution in [0.25, 0.3) is 0 Å². The third-order valence-corrected chi connectivity index (χ3v) is 4.35. The molecule has 104 valence electrons. The number of anilines is 1. The van der Waals surface area contributed by atoms with E-state index in [4.69, 9.17) is 23.2 Å². The number of aryl methyl sites for hydroxylation is 1. The Balaban J connectivity index is 1.59. The molecule has 1 aliphatic rings. The van der Waals surface area contributed by atoms with Crippen molar-refractivity contribution in [2.75, 3.05) is 5.32 Å². The fraction of sp³-hybridized carbons (Fsp3) is 0.312. The molecule has 0 saturated heterocycles. The summed E-state index contributed by atoms with van der Waals surface area (Å²) in [5.74, 6) is 0.630. The Hall–Kier alpha value is -1.25. The van der Waals surface area contributed by atoms with E-state index in [1.165, 1.54) is 5.56 Å². The fourth-order valence-corrected chi connectivity index (χ4v) is 2.96. The molecular formula is C16H16Cl2N2. The number of benzene rings is 1. The highest BCUT2D eigenvalue weighted by Gasteiger charge is 2.30. The van der Waals surface area contributed by atoms with Crippen LogP contribution < -0.4 is 5.32 Å². The molecular weight excluding hydrogens is 291 g/mol. The predicted molar refractivity (Wildman–Crippen MR) is 84.8 cm³/mol. The largest absolute Gasteiger partial charge is 0.381 e. The molecule has 0 bridgehead atoms. The highest BCUT2D eigenvalue weighted by Crippen LogP contribution is 2.39. The second-order valence-electron chi connectivity index (χ2n) is 5.33. The zero-order chi connectivity index (χ0) is 14.1.